The topological polar surface area (TPSA) is 83.1 Å². The molecule has 2 aromatic carbocycles. The summed E-state index contributed by atoms with van der Waals surface area (Å²) in [5.41, 5.74) is 1.93. The van der Waals surface area contributed by atoms with Crippen molar-refractivity contribution in [2.75, 3.05) is 26.6 Å². The van der Waals surface area contributed by atoms with Crippen molar-refractivity contribution in [3.05, 3.63) is 47.5 Å². The van der Waals surface area contributed by atoms with Gasteiger partial charge in [0.1, 0.15) is 11.3 Å². The first-order valence-corrected chi connectivity index (χ1v) is 8.84. The molecule has 28 heavy (non-hydrogen) atoms. The van der Waals surface area contributed by atoms with Gasteiger partial charge in [-0.25, -0.2) is 4.79 Å². The van der Waals surface area contributed by atoms with Crippen molar-refractivity contribution < 1.29 is 28.5 Å². The quantitative estimate of drug-likeness (QED) is 0.699. The van der Waals surface area contributed by atoms with E-state index in [1.54, 1.807) is 0 Å². The Labute approximate surface area is 164 Å². The number of hydrogen-bond donors (Lipinski definition) is 1. The normalized spacial score (nSPS) is 11.3. The van der Waals surface area contributed by atoms with Crippen LogP contribution in [-0.2, 0) is 16.0 Å². The molecular formula is C21H25NO6. The zero-order valence-electron chi connectivity index (χ0n) is 16.7. The third-order valence-corrected chi connectivity index (χ3v) is 4.21. The SMILES string of the molecule is CCc1ccc(NC(=O)[C@@H](C)OC(=O)c2cc(OC)c(OC)cc2OC)cc1. The smallest absolute Gasteiger partial charge is 0.342 e. The van der Waals surface area contributed by atoms with Gasteiger partial charge in [0.05, 0.1) is 21.3 Å². The molecule has 0 aliphatic rings. The van der Waals surface area contributed by atoms with Gasteiger partial charge in [-0.2, -0.15) is 0 Å². The molecule has 0 fully saturated rings. The third-order valence-electron chi connectivity index (χ3n) is 4.21. The van der Waals surface area contributed by atoms with Gasteiger partial charge in [0.25, 0.3) is 5.91 Å². The first-order valence-electron chi connectivity index (χ1n) is 8.84. The van der Waals surface area contributed by atoms with E-state index in [0.29, 0.717) is 17.2 Å². The molecule has 2 aromatic rings. The van der Waals surface area contributed by atoms with Crippen LogP contribution >= 0.6 is 0 Å². The van der Waals surface area contributed by atoms with Gasteiger partial charge in [-0.3, -0.25) is 4.79 Å². The highest BCUT2D eigenvalue weighted by molar-refractivity contribution is 5.98. The van der Waals surface area contributed by atoms with Crippen molar-refractivity contribution in [1.29, 1.82) is 0 Å². The first-order chi connectivity index (χ1) is 13.4. The van der Waals surface area contributed by atoms with E-state index in [4.69, 9.17) is 18.9 Å². The fraction of sp³-hybridized carbons (Fsp3) is 0.333. The maximum Gasteiger partial charge on any atom is 0.342 e. The van der Waals surface area contributed by atoms with Gasteiger partial charge in [0, 0.05) is 17.8 Å². The van der Waals surface area contributed by atoms with Gasteiger partial charge < -0.3 is 24.3 Å². The van der Waals surface area contributed by atoms with E-state index in [1.165, 1.54) is 40.4 Å². The Kier molecular flexibility index (Phi) is 7.26. The molecule has 0 radical (unpaired) electrons. The number of nitrogens with one attached hydrogen (secondary N) is 1. The maximum atomic E-state index is 12.6. The molecule has 0 heterocycles. The zero-order valence-corrected chi connectivity index (χ0v) is 16.7. The Bertz CT molecular complexity index is 832. The molecular weight excluding hydrogens is 362 g/mol. The molecule has 0 saturated carbocycles. The Balaban J connectivity index is 2.11. The molecule has 1 N–H and O–H groups in total. The molecule has 150 valence electrons. The predicted octanol–water partition coefficient (Wildman–Crippen LogP) is 3.46. The fourth-order valence-corrected chi connectivity index (χ4v) is 2.53. The second-order valence-electron chi connectivity index (χ2n) is 5.99. The van der Waals surface area contributed by atoms with Crippen molar-refractivity contribution in [2.24, 2.45) is 0 Å². The van der Waals surface area contributed by atoms with Crippen LogP contribution in [0.1, 0.15) is 29.8 Å². The summed E-state index contributed by atoms with van der Waals surface area (Å²) in [6, 6.07) is 10.5. The molecule has 7 nitrogen and oxygen atoms in total. The molecule has 7 heteroatoms. The predicted molar refractivity (Wildman–Crippen MR) is 105 cm³/mol. The number of esters is 1. The van der Waals surface area contributed by atoms with E-state index in [-0.39, 0.29) is 11.3 Å². The number of carbonyl (C=O) groups excluding carboxylic acids is 2. The van der Waals surface area contributed by atoms with Gasteiger partial charge in [-0.15, -0.1) is 0 Å². The summed E-state index contributed by atoms with van der Waals surface area (Å²) in [6.45, 7) is 3.55. The fourth-order valence-electron chi connectivity index (χ4n) is 2.53. The number of carbonyl (C=O) groups is 2. The number of anilines is 1. The molecule has 1 amide bonds. The molecule has 0 aromatic heterocycles. The molecule has 0 bridgehead atoms. The average molecular weight is 387 g/mol. The zero-order chi connectivity index (χ0) is 20.7. The Morgan fingerprint density at radius 3 is 2.04 bits per heavy atom. The Hall–Kier alpha value is -3.22. The Morgan fingerprint density at radius 1 is 0.929 bits per heavy atom. The summed E-state index contributed by atoms with van der Waals surface area (Å²) in [7, 11) is 4.36. The highest BCUT2D eigenvalue weighted by Gasteiger charge is 2.23. The number of hydrogen-bond acceptors (Lipinski definition) is 6. The van der Waals surface area contributed by atoms with Crippen LogP contribution in [0.5, 0.6) is 17.2 Å². The number of aryl methyl sites for hydroxylation is 1. The van der Waals surface area contributed by atoms with E-state index in [9.17, 15) is 9.59 Å². The molecule has 1 atom stereocenters. The van der Waals surface area contributed by atoms with E-state index < -0.39 is 18.0 Å². The minimum Gasteiger partial charge on any atom is -0.496 e. The summed E-state index contributed by atoms with van der Waals surface area (Å²) in [5.74, 6) is -0.121. The minimum absolute atomic E-state index is 0.132. The molecule has 0 unspecified atom stereocenters. The van der Waals surface area contributed by atoms with Crippen molar-refractivity contribution in [2.45, 2.75) is 26.4 Å². The minimum atomic E-state index is -1.00. The molecule has 2 rings (SSSR count). The van der Waals surface area contributed by atoms with Crippen LogP contribution in [-0.4, -0.2) is 39.3 Å². The van der Waals surface area contributed by atoms with Crippen molar-refractivity contribution in [3.8, 4) is 17.2 Å². The van der Waals surface area contributed by atoms with Crippen LogP contribution in [0.15, 0.2) is 36.4 Å². The molecule has 0 aliphatic carbocycles. The maximum absolute atomic E-state index is 12.6. The highest BCUT2D eigenvalue weighted by atomic mass is 16.6. The van der Waals surface area contributed by atoms with Gasteiger partial charge in [0.2, 0.25) is 0 Å². The number of methoxy groups -OCH3 is 3. The summed E-state index contributed by atoms with van der Waals surface area (Å²) in [6.07, 6.45) is -0.0915. The van der Waals surface area contributed by atoms with Gasteiger partial charge in [-0.05, 0) is 31.0 Å². The van der Waals surface area contributed by atoms with Crippen molar-refractivity contribution in [1.82, 2.24) is 0 Å². The molecule has 0 saturated heterocycles. The van der Waals surface area contributed by atoms with Crippen molar-refractivity contribution >= 4 is 17.6 Å². The van der Waals surface area contributed by atoms with Gasteiger partial charge >= 0.3 is 5.97 Å². The second-order valence-corrected chi connectivity index (χ2v) is 5.99. The lowest BCUT2D eigenvalue weighted by molar-refractivity contribution is -0.123. The molecule has 0 aliphatic heterocycles. The number of ether oxygens (including phenoxy) is 4. The lowest BCUT2D eigenvalue weighted by atomic mass is 10.1. The standard InChI is InChI=1S/C21H25NO6/c1-6-14-7-9-15(10-8-14)22-20(23)13(2)28-21(24)16-11-18(26-4)19(27-5)12-17(16)25-3/h7-13H,6H2,1-5H3,(H,22,23)/t13-/m1/s1. The summed E-state index contributed by atoms with van der Waals surface area (Å²) >= 11 is 0. The van der Waals surface area contributed by atoms with Gasteiger partial charge in [-0.1, -0.05) is 19.1 Å². The van der Waals surface area contributed by atoms with E-state index in [2.05, 4.69) is 12.2 Å². The number of benzene rings is 2. The van der Waals surface area contributed by atoms with Crippen LogP contribution in [0.4, 0.5) is 5.69 Å². The first kappa shape index (κ1) is 21.1. The lowest BCUT2D eigenvalue weighted by Crippen LogP contribution is -2.30. The van der Waals surface area contributed by atoms with E-state index >= 15 is 0 Å². The van der Waals surface area contributed by atoms with E-state index in [0.717, 1.165) is 12.0 Å². The van der Waals surface area contributed by atoms with Crippen LogP contribution in [0.3, 0.4) is 0 Å². The summed E-state index contributed by atoms with van der Waals surface area (Å²) in [5, 5.41) is 2.73. The third kappa shape index (κ3) is 4.94. The number of amides is 1. The van der Waals surface area contributed by atoms with Crippen LogP contribution < -0.4 is 19.5 Å². The van der Waals surface area contributed by atoms with Gasteiger partial charge in [0.15, 0.2) is 17.6 Å². The van der Waals surface area contributed by atoms with Crippen molar-refractivity contribution in [3.63, 3.8) is 0 Å². The Morgan fingerprint density at radius 2 is 1.50 bits per heavy atom. The van der Waals surface area contributed by atoms with E-state index in [1.807, 2.05) is 24.3 Å². The highest BCUT2D eigenvalue weighted by Crippen LogP contribution is 2.35. The largest absolute Gasteiger partial charge is 0.496 e. The van der Waals surface area contributed by atoms with Crippen LogP contribution in [0, 0.1) is 0 Å². The number of rotatable bonds is 8. The molecule has 0 spiro atoms. The van der Waals surface area contributed by atoms with Crippen LogP contribution in [0.25, 0.3) is 0 Å². The monoisotopic (exact) mass is 387 g/mol. The summed E-state index contributed by atoms with van der Waals surface area (Å²) < 4.78 is 20.9. The lowest BCUT2D eigenvalue weighted by Gasteiger charge is -2.16. The van der Waals surface area contributed by atoms with Crippen LogP contribution in [0.2, 0.25) is 0 Å². The second kappa shape index (κ2) is 9.64. The summed E-state index contributed by atoms with van der Waals surface area (Å²) in [4.78, 5) is 24.9. The average Bonchev–Trinajstić information content (AvgIpc) is 2.72.